The topological polar surface area (TPSA) is 40.5 Å². The monoisotopic (exact) mass is 225 g/mol. The second-order valence-corrected chi connectivity index (χ2v) is 5.02. The number of hydrogen-bond donors (Lipinski definition) is 1. The molecule has 1 aromatic heterocycles. The third-order valence-corrected chi connectivity index (χ3v) is 3.89. The van der Waals surface area contributed by atoms with Gasteiger partial charge in [0.2, 0.25) is 0 Å². The summed E-state index contributed by atoms with van der Waals surface area (Å²) < 4.78 is 0. The van der Waals surface area contributed by atoms with E-state index in [1.54, 1.807) is 0 Å². The molecule has 1 unspecified atom stereocenters. The zero-order valence-electron chi connectivity index (χ0n) is 8.56. The SMILES string of the molecule is O=Cc1ccc(N2CCCC(CO)C2)s1. The summed E-state index contributed by atoms with van der Waals surface area (Å²) in [6.07, 6.45) is 3.13. The van der Waals surface area contributed by atoms with Gasteiger partial charge < -0.3 is 10.0 Å². The maximum Gasteiger partial charge on any atom is 0.160 e. The summed E-state index contributed by atoms with van der Waals surface area (Å²) >= 11 is 1.53. The van der Waals surface area contributed by atoms with E-state index in [4.69, 9.17) is 5.11 Å². The molecule has 1 aliphatic rings. The van der Waals surface area contributed by atoms with Crippen LogP contribution in [-0.2, 0) is 0 Å². The minimum absolute atomic E-state index is 0.266. The maximum atomic E-state index is 10.6. The number of nitrogens with zero attached hydrogens (tertiary/aromatic N) is 1. The van der Waals surface area contributed by atoms with E-state index in [0.29, 0.717) is 5.92 Å². The van der Waals surface area contributed by atoms with Gasteiger partial charge in [0.15, 0.2) is 6.29 Å². The Morgan fingerprint density at radius 2 is 2.47 bits per heavy atom. The van der Waals surface area contributed by atoms with Gasteiger partial charge in [-0.2, -0.15) is 0 Å². The van der Waals surface area contributed by atoms with Crippen molar-refractivity contribution in [3.8, 4) is 0 Å². The van der Waals surface area contributed by atoms with E-state index in [-0.39, 0.29) is 6.61 Å². The van der Waals surface area contributed by atoms with Gasteiger partial charge in [-0.25, -0.2) is 0 Å². The first kappa shape index (κ1) is 10.6. The van der Waals surface area contributed by atoms with Gasteiger partial charge in [-0.05, 0) is 30.9 Å². The van der Waals surface area contributed by atoms with E-state index in [0.717, 1.165) is 42.1 Å². The Hall–Kier alpha value is -0.870. The van der Waals surface area contributed by atoms with Crippen LogP contribution in [0.15, 0.2) is 12.1 Å². The number of aliphatic hydroxyl groups excluding tert-OH is 1. The molecule has 1 saturated heterocycles. The van der Waals surface area contributed by atoms with Crippen LogP contribution in [0, 0.1) is 5.92 Å². The molecular formula is C11H15NO2S. The van der Waals surface area contributed by atoms with E-state index >= 15 is 0 Å². The minimum atomic E-state index is 0.266. The molecule has 3 nitrogen and oxygen atoms in total. The third kappa shape index (κ3) is 2.38. The van der Waals surface area contributed by atoms with Crippen LogP contribution in [0.4, 0.5) is 5.00 Å². The number of piperidine rings is 1. The summed E-state index contributed by atoms with van der Waals surface area (Å²) in [5, 5.41) is 10.3. The zero-order valence-corrected chi connectivity index (χ0v) is 9.37. The predicted molar refractivity (Wildman–Crippen MR) is 61.7 cm³/mol. The number of thiophene rings is 1. The zero-order chi connectivity index (χ0) is 10.7. The molecular weight excluding hydrogens is 210 g/mol. The van der Waals surface area contributed by atoms with Crippen LogP contribution in [0.1, 0.15) is 22.5 Å². The number of hydrogen-bond acceptors (Lipinski definition) is 4. The van der Waals surface area contributed by atoms with Gasteiger partial charge in [-0.3, -0.25) is 4.79 Å². The third-order valence-electron chi connectivity index (χ3n) is 2.82. The maximum absolute atomic E-state index is 10.6. The van der Waals surface area contributed by atoms with Crippen LogP contribution in [-0.4, -0.2) is 31.1 Å². The molecule has 0 bridgehead atoms. The van der Waals surface area contributed by atoms with Crippen LogP contribution in [0.25, 0.3) is 0 Å². The smallest absolute Gasteiger partial charge is 0.160 e. The van der Waals surface area contributed by atoms with Crippen molar-refractivity contribution in [2.75, 3.05) is 24.6 Å². The van der Waals surface area contributed by atoms with Crippen molar-refractivity contribution in [3.05, 3.63) is 17.0 Å². The highest BCUT2D eigenvalue weighted by molar-refractivity contribution is 7.17. The van der Waals surface area contributed by atoms with Gasteiger partial charge in [0.25, 0.3) is 0 Å². The molecule has 2 rings (SSSR count). The Morgan fingerprint density at radius 1 is 1.60 bits per heavy atom. The van der Waals surface area contributed by atoms with Crippen molar-refractivity contribution in [1.29, 1.82) is 0 Å². The Bertz CT molecular complexity index is 337. The van der Waals surface area contributed by atoms with Gasteiger partial charge >= 0.3 is 0 Å². The van der Waals surface area contributed by atoms with Gasteiger partial charge in [0, 0.05) is 19.7 Å². The van der Waals surface area contributed by atoms with Crippen molar-refractivity contribution in [3.63, 3.8) is 0 Å². The Morgan fingerprint density at radius 3 is 3.13 bits per heavy atom. The van der Waals surface area contributed by atoms with Crippen molar-refractivity contribution in [2.24, 2.45) is 5.92 Å². The number of carbonyl (C=O) groups is 1. The Kier molecular flexibility index (Phi) is 3.38. The molecule has 1 N–H and O–H groups in total. The van der Waals surface area contributed by atoms with Gasteiger partial charge in [0.05, 0.1) is 9.88 Å². The molecule has 0 saturated carbocycles. The van der Waals surface area contributed by atoms with E-state index < -0.39 is 0 Å². The van der Waals surface area contributed by atoms with Crippen molar-refractivity contribution in [1.82, 2.24) is 0 Å². The van der Waals surface area contributed by atoms with Crippen LogP contribution in [0.2, 0.25) is 0 Å². The summed E-state index contributed by atoms with van der Waals surface area (Å²) in [6.45, 7) is 2.22. The average Bonchev–Trinajstić information content (AvgIpc) is 2.78. The van der Waals surface area contributed by atoms with E-state index in [2.05, 4.69) is 4.90 Å². The largest absolute Gasteiger partial charge is 0.396 e. The van der Waals surface area contributed by atoms with Gasteiger partial charge in [-0.15, -0.1) is 11.3 Å². The molecule has 1 aliphatic heterocycles. The molecule has 15 heavy (non-hydrogen) atoms. The normalized spacial score (nSPS) is 21.7. The number of anilines is 1. The standard InChI is InChI=1S/C11H15NO2S/c13-7-9-2-1-5-12(6-9)11-4-3-10(8-14)15-11/h3-4,8-9,13H,1-2,5-7H2. The molecule has 2 heterocycles. The molecule has 0 amide bonds. The lowest BCUT2D eigenvalue weighted by Gasteiger charge is -2.32. The predicted octanol–water partition coefficient (Wildman–Crippen LogP) is 1.77. The van der Waals surface area contributed by atoms with Gasteiger partial charge in [-0.1, -0.05) is 0 Å². The lowest BCUT2D eigenvalue weighted by atomic mass is 9.99. The fourth-order valence-electron chi connectivity index (χ4n) is 1.99. The summed E-state index contributed by atoms with van der Waals surface area (Å²) in [4.78, 5) is 13.6. The lowest BCUT2D eigenvalue weighted by Crippen LogP contribution is -2.36. The fraction of sp³-hybridized carbons (Fsp3) is 0.545. The summed E-state index contributed by atoms with van der Waals surface area (Å²) in [5.41, 5.74) is 0. The summed E-state index contributed by atoms with van der Waals surface area (Å²) in [7, 11) is 0. The number of aldehydes is 1. The number of aliphatic hydroxyl groups is 1. The van der Waals surface area contributed by atoms with Crippen molar-refractivity contribution in [2.45, 2.75) is 12.8 Å². The summed E-state index contributed by atoms with van der Waals surface area (Å²) in [5.74, 6) is 0.389. The first-order valence-electron chi connectivity index (χ1n) is 5.24. The van der Waals surface area contributed by atoms with E-state index in [1.165, 1.54) is 11.3 Å². The van der Waals surface area contributed by atoms with Crippen molar-refractivity contribution < 1.29 is 9.90 Å². The van der Waals surface area contributed by atoms with Crippen LogP contribution in [0.5, 0.6) is 0 Å². The second kappa shape index (κ2) is 4.77. The van der Waals surface area contributed by atoms with Crippen LogP contribution in [0.3, 0.4) is 0 Å². The Balaban J connectivity index is 2.06. The molecule has 1 atom stereocenters. The molecule has 0 radical (unpaired) electrons. The highest BCUT2D eigenvalue weighted by Crippen LogP contribution is 2.29. The molecule has 0 aromatic carbocycles. The van der Waals surface area contributed by atoms with Crippen molar-refractivity contribution >= 4 is 22.6 Å². The first-order valence-corrected chi connectivity index (χ1v) is 6.06. The van der Waals surface area contributed by atoms with Gasteiger partial charge in [0.1, 0.15) is 0 Å². The molecule has 0 aliphatic carbocycles. The fourth-order valence-corrected chi connectivity index (χ4v) is 2.85. The summed E-state index contributed by atoms with van der Waals surface area (Å²) in [6, 6.07) is 3.85. The van der Waals surface area contributed by atoms with E-state index in [1.807, 2.05) is 12.1 Å². The molecule has 4 heteroatoms. The minimum Gasteiger partial charge on any atom is -0.396 e. The second-order valence-electron chi connectivity index (χ2n) is 3.93. The molecule has 1 fully saturated rings. The average molecular weight is 225 g/mol. The Labute approximate surface area is 93.3 Å². The molecule has 0 spiro atoms. The number of carbonyl (C=O) groups excluding carboxylic acids is 1. The quantitative estimate of drug-likeness (QED) is 0.797. The first-order chi connectivity index (χ1) is 7.33. The van der Waals surface area contributed by atoms with Crippen LogP contribution >= 0.6 is 11.3 Å². The number of rotatable bonds is 3. The van der Waals surface area contributed by atoms with E-state index in [9.17, 15) is 4.79 Å². The highest BCUT2D eigenvalue weighted by atomic mass is 32.1. The highest BCUT2D eigenvalue weighted by Gasteiger charge is 2.20. The molecule has 82 valence electrons. The molecule has 1 aromatic rings. The lowest BCUT2D eigenvalue weighted by molar-refractivity contribution is 0.112. The van der Waals surface area contributed by atoms with Crippen LogP contribution < -0.4 is 4.90 Å².